The minimum atomic E-state index is -4.83. The van der Waals surface area contributed by atoms with Gasteiger partial charge in [-0.3, -0.25) is 0 Å². The van der Waals surface area contributed by atoms with Crippen molar-refractivity contribution in [3.63, 3.8) is 0 Å². The molecule has 0 bridgehead atoms. The van der Waals surface area contributed by atoms with E-state index in [-0.39, 0.29) is 5.56 Å². The predicted molar refractivity (Wildman–Crippen MR) is 57.5 cm³/mol. The lowest BCUT2D eigenvalue weighted by Gasteiger charge is -2.12. The average molecular weight is 311 g/mol. The Labute approximate surface area is 103 Å². The third-order valence-corrected chi connectivity index (χ3v) is 2.32. The van der Waals surface area contributed by atoms with Crippen molar-refractivity contribution in [1.29, 1.82) is 0 Å². The van der Waals surface area contributed by atoms with Gasteiger partial charge in [-0.15, -0.1) is 13.2 Å². The maximum Gasteiger partial charge on any atom is 0.573 e. The summed E-state index contributed by atoms with van der Waals surface area (Å²) in [6.07, 6.45) is -3.08. The van der Waals surface area contributed by atoms with Gasteiger partial charge < -0.3 is 9.84 Å². The van der Waals surface area contributed by atoms with E-state index in [0.29, 0.717) is 4.47 Å². The molecular weight excluding hydrogens is 305 g/mol. The van der Waals surface area contributed by atoms with Crippen LogP contribution in [0.2, 0.25) is 0 Å². The molecule has 1 N–H and O–H groups in total. The van der Waals surface area contributed by atoms with E-state index in [4.69, 9.17) is 5.11 Å². The summed E-state index contributed by atoms with van der Waals surface area (Å²) in [4.78, 5) is 10.3. The van der Waals surface area contributed by atoms with Crippen molar-refractivity contribution in [2.45, 2.75) is 6.36 Å². The van der Waals surface area contributed by atoms with Crippen LogP contribution in [0, 0.1) is 0 Å². The Kier molecular flexibility index (Phi) is 4.17. The Morgan fingerprint density at radius 2 is 2.06 bits per heavy atom. The van der Waals surface area contributed by atoms with Crippen LogP contribution in [0.15, 0.2) is 28.7 Å². The summed E-state index contributed by atoms with van der Waals surface area (Å²) in [6.45, 7) is 0. The molecule has 0 spiro atoms. The molecule has 0 saturated carbocycles. The van der Waals surface area contributed by atoms with Crippen LogP contribution in [-0.4, -0.2) is 17.4 Å². The maximum atomic E-state index is 12.1. The number of benzene rings is 1. The summed E-state index contributed by atoms with van der Waals surface area (Å²) in [5.41, 5.74) is 0.00669. The summed E-state index contributed by atoms with van der Waals surface area (Å²) in [5.74, 6) is -1.73. The van der Waals surface area contributed by atoms with Gasteiger partial charge in [0.25, 0.3) is 0 Å². The van der Waals surface area contributed by atoms with Crippen LogP contribution in [0.4, 0.5) is 13.2 Å². The van der Waals surface area contributed by atoms with Crippen molar-refractivity contribution >= 4 is 28.0 Å². The van der Waals surface area contributed by atoms with E-state index in [1.54, 1.807) is 0 Å². The Hall–Kier alpha value is -1.50. The normalized spacial score (nSPS) is 11.8. The van der Waals surface area contributed by atoms with Crippen LogP contribution in [0.1, 0.15) is 5.56 Å². The second-order valence-corrected chi connectivity index (χ2v) is 3.73. The molecule has 0 aliphatic heterocycles. The third-order valence-electron chi connectivity index (χ3n) is 1.63. The first-order valence-electron chi connectivity index (χ1n) is 4.25. The topological polar surface area (TPSA) is 46.5 Å². The van der Waals surface area contributed by atoms with Gasteiger partial charge in [-0.05, 0) is 18.2 Å². The highest BCUT2D eigenvalue weighted by molar-refractivity contribution is 9.10. The van der Waals surface area contributed by atoms with Crippen molar-refractivity contribution in [3.8, 4) is 5.75 Å². The number of halogens is 4. The zero-order chi connectivity index (χ0) is 13.1. The van der Waals surface area contributed by atoms with Gasteiger partial charge in [0, 0.05) is 16.1 Å². The highest BCUT2D eigenvalue weighted by Crippen LogP contribution is 2.32. The van der Waals surface area contributed by atoms with E-state index in [0.717, 1.165) is 18.2 Å². The lowest BCUT2D eigenvalue weighted by molar-refractivity contribution is -0.274. The Balaban J connectivity index is 3.13. The van der Waals surface area contributed by atoms with Crippen LogP contribution in [0.25, 0.3) is 6.08 Å². The molecule has 92 valence electrons. The second kappa shape index (κ2) is 5.22. The summed E-state index contributed by atoms with van der Waals surface area (Å²) < 4.78 is 40.3. The Morgan fingerprint density at radius 1 is 1.41 bits per heavy atom. The number of carboxylic acid groups (broad SMARTS) is 1. The first-order chi connectivity index (χ1) is 7.79. The van der Waals surface area contributed by atoms with Crippen molar-refractivity contribution < 1.29 is 27.8 Å². The Morgan fingerprint density at radius 3 is 2.59 bits per heavy atom. The van der Waals surface area contributed by atoms with Crippen LogP contribution >= 0.6 is 15.9 Å². The van der Waals surface area contributed by atoms with E-state index in [2.05, 4.69) is 20.7 Å². The third kappa shape index (κ3) is 4.48. The molecule has 1 aromatic rings. The lowest BCUT2D eigenvalue weighted by atomic mass is 10.2. The molecule has 0 heterocycles. The van der Waals surface area contributed by atoms with Gasteiger partial charge in [0.1, 0.15) is 5.75 Å². The van der Waals surface area contributed by atoms with E-state index >= 15 is 0 Å². The zero-order valence-corrected chi connectivity index (χ0v) is 9.75. The molecule has 1 aromatic carbocycles. The fourth-order valence-corrected chi connectivity index (χ4v) is 1.53. The molecular formula is C10H6BrF3O3. The van der Waals surface area contributed by atoms with E-state index in [1.165, 1.54) is 12.1 Å². The van der Waals surface area contributed by atoms with E-state index in [1.807, 2.05) is 0 Å². The van der Waals surface area contributed by atoms with Crippen LogP contribution in [-0.2, 0) is 4.79 Å². The smallest absolute Gasteiger partial charge is 0.478 e. The average Bonchev–Trinajstić information content (AvgIpc) is 2.13. The highest BCUT2D eigenvalue weighted by Gasteiger charge is 2.32. The summed E-state index contributed by atoms with van der Waals surface area (Å²) in [6, 6.07) is 3.92. The molecule has 0 aliphatic rings. The van der Waals surface area contributed by atoms with Gasteiger partial charge in [-0.25, -0.2) is 4.79 Å². The minimum Gasteiger partial charge on any atom is -0.478 e. The van der Waals surface area contributed by atoms with Crippen molar-refractivity contribution in [3.05, 3.63) is 34.3 Å². The van der Waals surface area contributed by atoms with Gasteiger partial charge in [-0.2, -0.15) is 0 Å². The summed E-state index contributed by atoms with van der Waals surface area (Å²) >= 11 is 3.01. The molecule has 0 unspecified atom stereocenters. The zero-order valence-electron chi connectivity index (χ0n) is 8.16. The van der Waals surface area contributed by atoms with E-state index in [9.17, 15) is 18.0 Å². The summed E-state index contributed by atoms with van der Waals surface area (Å²) in [5, 5.41) is 8.42. The van der Waals surface area contributed by atoms with Crippen molar-refractivity contribution in [2.24, 2.45) is 0 Å². The van der Waals surface area contributed by atoms with Gasteiger partial charge in [0.2, 0.25) is 0 Å². The first kappa shape index (κ1) is 13.6. The van der Waals surface area contributed by atoms with Crippen LogP contribution in [0.5, 0.6) is 5.75 Å². The van der Waals surface area contributed by atoms with Crippen molar-refractivity contribution in [1.82, 2.24) is 0 Å². The van der Waals surface area contributed by atoms with Crippen LogP contribution in [0.3, 0.4) is 0 Å². The minimum absolute atomic E-state index is 0.00669. The molecule has 1 rings (SSSR count). The number of alkyl halides is 3. The SMILES string of the molecule is O=C(O)C=Cc1c(Br)cccc1OC(F)(F)F. The number of rotatable bonds is 3. The fourth-order valence-electron chi connectivity index (χ4n) is 1.05. The molecule has 3 nitrogen and oxygen atoms in total. The van der Waals surface area contributed by atoms with Crippen LogP contribution < -0.4 is 4.74 Å². The lowest BCUT2D eigenvalue weighted by Crippen LogP contribution is -2.17. The van der Waals surface area contributed by atoms with Crippen molar-refractivity contribution in [2.75, 3.05) is 0 Å². The standard InChI is InChI=1S/C10H6BrF3O3/c11-7-2-1-3-8(17-10(12,13)14)6(7)4-5-9(15)16/h1-5H,(H,15,16). The number of hydrogen-bond donors (Lipinski definition) is 1. The predicted octanol–water partition coefficient (Wildman–Crippen LogP) is 3.45. The molecule has 0 aliphatic carbocycles. The van der Waals surface area contributed by atoms with E-state index < -0.39 is 18.1 Å². The molecule has 0 amide bonds. The molecule has 17 heavy (non-hydrogen) atoms. The number of aliphatic carboxylic acids is 1. The van der Waals surface area contributed by atoms with Gasteiger partial charge in [0.05, 0.1) is 0 Å². The number of hydrogen-bond acceptors (Lipinski definition) is 2. The quantitative estimate of drug-likeness (QED) is 0.870. The largest absolute Gasteiger partial charge is 0.573 e. The molecule has 0 atom stereocenters. The second-order valence-electron chi connectivity index (χ2n) is 2.87. The summed E-state index contributed by atoms with van der Waals surface area (Å²) in [7, 11) is 0. The van der Waals surface area contributed by atoms with Gasteiger partial charge in [0.15, 0.2) is 0 Å². The monoisotopic (exact) mass is 310 g/mol. The molecule has 0 aromatic heterocycles. The molecule has 0 saturated heterocycles. The molecule has 0 fully saturated rings. The first-order valence-corrected chi connectivity index (χ1v) is 5.04. The number of carbonyl (C=O) groups is 1. The fraction of sp³-hybridized carbons (Fsp3) is 0.100. The maximum absolute atomic E-state index is 12.1. The molecule has 0 radical (unpaired) electrons. The highest BCUT2D eigenvalue weighted by atomic mass is 79.9. The number of ether oxygens (including phenoxy) is 1. The molecule has 7 heteroatoms. The number of carboxylic acids is 1. The Bertz CT molecular complexity index is 455. The van der Waals surface area contributed by atoms with Gasteiger partial charge in [-0.1, -0.05) is 22.0 Å². The van der Waals surface area contributed by atoms with Gasteiger partial charge >= 0.3 is 12.3 Å².